The van der Waals surface area contributed by atoms with Crippen LogP contribution in [-0.2, 0) is 4.79 Å². The highest BCUT2D eigenvalue weighted by Crippen LogP contribution is 2.08. The molecule has 0 aliphatic rings. The first-order chi connectivity index (χ1) is 8.99. The van der Waals surface area contributed by atoms with Crippen molar-refractivity contribution in [3.63, 3.8) is 0 Å². The lowest BCUT2D eigenvalue weighted by Crippen LogP contribution is -2.32. The summed E-state index contributed by atoms with van der Waals surface area (Å²) in [5.41, 5.74) is 11.1. The van der Waals surface area contributed by atoms with Gasteiger partial charge in [-0.1, -0.05) is 0 Å². The van der Waals surface area contributed by atoms with Crippen molar-refractivity contribution in [1.29, 1.82) is 0 Å². The molecule has 0 aromatic heterocycles. The summed E-state index contributed by atoms with van der Waals surface area (Å²) in [5.74, 6) is -1.47. The summed E-state index contributed by atoms with van der Waals surface area (Å²) in [5, 5.41) is 14.2. The monoisotopic (exact) mass is 265 g/mol. The number of amides is 1. The van der Waals surface area contributed by atoms with E-state index in [1.807, 2.05) is 0 Å². The van der Waals surface area contributed by atoms with Crippen LogP contribution in [0.5, 0.6) is 0 Å². The number of aliphatic imine (C=N–C) groups is 1. The van der Waals surface area contributed by atoms with E-state index in [-0.39, 0.29) is 30.6 Å². The van der Waals surface area contributed by atoms with Gasteiger partial charge in [0.25, 0.3) is 0 Å². The molecule has 1 aromatic rings. The SMILES string of the molecule is NC(N)=NCC(=O)NCNc1ccc(C(=O)O)cc1. The number of carbonyl (C=O) groups excluding carboxylic acids is 1. The summed E-state index contributed by atoms with van der Waals surface area (Å²) in [7, 11) is 0. The van der Waals surface area contributed by atoms with Crippen LogP contribution in [0.4, 0.5) is 5.69 Å². The predicted molar refractivity (Wildman–Crippen MR) is 70.7 cm³/mol. The number of benzene rings is 1. The molecule has 0 spiro atoms. The minimum atomic E-state index is -0.989. The number of hydrogen-bond donors (Lipinski definition) is 5. The minimum Gasteiger partial charge on any atom is -0.478 e. The minimum absolute atomic E-state index is 0.137. The van der Waals surface area contributed by atoms with Crippen LogP contribution in [0.25, 0.3) is 0 Å². The fourth-order valence-electron chi connectivity index (χ4n) is 1.19. The first kappa shape index (κ1) is 14.3. The molecule has 102 valence electrons. The number of carbonyl (C=O) groups is 2. The molecule has 0 aliphatic heterocycles. The van der Waals surface area contributed by atoms with E-state index in [1.165, 1.54) is 12.1 Å². The molecule has 0 heterocycles. The number of aromatic carboxylic acids is 1. The Hall–Kier alpha value is -2.77. The topological polar surface area (TPSA) is 143 Å². The molecule has 0 fully saturated rings. The van der Waals surface area contributed by atoms with E-state index in [1.54, 1.807) is 12.1 Å². The van der Waals surface area contributed by atoms with Crippen LogP contribution in [0.2, 0.25) is 0 Å². The van der Waals surface area contributed by atoms with Crippen molar-refractivity contribution in [2.75, 3.05) is 18.5 Å². The maximum Gasteiger partial charge on any atom is 0.335 e. The summed E-state index contributed by atoms with van der Waals surface area (Å²) in [6, 6.07) is 6.13. The van der Waals surface area contributed by atoms with Crippen molar-refractivity contribution in [3.05, 3.63) is 29.8 Å². The van der Waals surface area contributed by atoms with Gasteiger partial charge in [0.15, 0.2) is 5.96 Å². The number of carboxylic acids is 1. The van der Waals surface area contributed by atoms with E-state index in [0.717, 1.165) is 0 Å². The molecule has 0 saturated heterocycles. The van der Waals surface area contributed by atoms with E-state index in [4.69, 9.17) is 16.6 Å². The predicted octanol–water partition coefficient (Wildman–Crippen LogP) is -0.856. The Balaban J connectivity index is 2.35. The van der Waals surface area contributed by atoms with Crippen LogP contribution >= 0.6 is 0 Å². The summed E-state index contributed by atoms with van der Waals surface area (Å²) >= 11 is 0. The molecule has 1 rings (SSSR count). The Morgan fingerprint density at radius 3 is 2.37 bits per heavy atom. The number of rotatable bonds is 6. The Bertz CT molecular complexity index is 480. The van der Waals surface area contributed by atoms with Crippen LogP contribution in [0, 0.1) is 0 Å². The van der Waals surface area contributed by atoms with E-state index in [2.05, 4.69) is 15.6 Å². The van der Waals surface area contributed by atoms with Gasteiger partial charge in [0.1, 0.15) is 6.54 Å². The molecular formula is C11H15N5O3. The molecule has 8 heteroatoms. The largest absolute Gasteiger partial charge is 0.478 e. The number of guanidine groups is 1. The number of anilines is 1. The molecule has 0 radical (unpaired) electrons. The Morgan fingerprint density at radius 2 is 1.84 bits per heavy atom. The number of nitrogens with zero attached hydrogens (tertiary/aromatic N) is 1. The zero-order chi connectivity index (χ0) is 14.3. The second-order valence-corrected chi connectivity index (χ2v) is 3.58. The van der Waals surface area contributed by atoms with Crippen molar-refractivity contribution in [2.45, 2.75) is 0 Å². The van der Waals surface area contributed by atoms with E-state index < -0.39 is 5.97 Å². The lowest BCUT2D eigenvalue weighted by molar-refractivity contribution is -0.119. The third-order valence-corrected chi connectivity index (χ3v) is 2.12. The normalized spacial score (nSPS) is 9.47. The molecule has 1 aromatic carbocycles. The first-order valence-electron chi connectivity index (χ1n) is 5.38. The molecule has 1 amide bonds. The lowest BCUT2D eigenvalue weighted by atomic mass is 10.2. The van der Waals surface area contributed by atoms with Gasteiger partial charge in [-0.3, -0.25) is 4.79 Å². The van der Waals surface area contributed by atoms with Crippen molar-refractivity contribution < 1.29 is 14.7 Å². The molecule has 0 atom stereocenters. The van der Waals surface area contributed by atoms with Gasteiger partial charge in [0, 0.05) is 5.69 Å². The van der Waals surface area contributed by atoms with Gasteiger partial charge in [-0.2, -0.15) is 0 Å². The summed E-state index contributed by atoms with van der Waals surface area (Å²) in [4.78, 5) is 25.4. The third kappa shape index (κ3) is 5.39. The van der Waals surface area contributed by atoms with Gasteiger partial charge < -0.3 is 27.2 Å². The standard InChI is InChI=1S/C11H15N5O3/c12-11(13)14-5-9(17)16-6-15-8-3-1-7(2-4-8)10(18)19/h1-4,15H,5-6H2,(H,16,17)(H,18,19)(H4,12,13,14). The molecule has 8 nitrogen and oxygen atoms in total. The number of hydrogen-bond acceptors (Lipinski definition) is 4. The first-order valence-corrected chi connectivity index (χ1v) is 5.38. The maximum atomic E-state index is 11.2. The van der Waals surface area contributed by atoms with Gasteiger partial charge in [0.2, 0.25) is 5.91 Å². The summed E-state index contributed by atoms with van der Waals surface area (Å²) in [6.45, 7) is 0.0488. The Kier molecular flexibility index (Phi) is 5.15. The lowest BCUT2D eigenvalue weighted by Gasteiger charge is -2.07. The maximum absolute atomic E-state index is 11.2. The molecule has 0 unspecified atom stereocenters. The van der Waals surface area contributed by atoms with Crippen LogP contribution in [-0.4, -0.2) is 36.2 Å². The number of nitrogens with one attached hydrogen (secondary N) is 2. The van der Waals surface area contributed by atoms with E-state index in [9.17, 15) is 9.59 Å². The second kappa shape index (κ2) is 6.84. The fraction of sp³-hybridized carbons (Fsp3) is 0.182. The van der Waals surface area contributed by atoms with Crippen LogP contribution < -0.4 is 22.1 Å². The van der Waals surface area contributed by atoms with Crippen molar-refractivity contribution in [2.24, 2.45) is 16.5 Å². The average Bonchev–Trinajstić information content (AvgIpc) is 2.37. The highest BCUT2D eigenvalue weighted by atomic mass is 16.4. The van der Waals surface area contributed by atoms with Crippen LogP contribution in [0.3, 0.4) is 0 Å². The van der Waals surface area contributed by atoms with Gasteiger partial charge in [0.05, 0.1) is 12.2 Å². The van der Waals surface area contributed by atoms with Crippen LogP contribution in [0.15, 0.2) is 29.3 Å². The van der Waals surface area contributed by atoms with E-state index in [0.29, 0.717) is 5.69 Å². The quantitative estimate of drug-likeness (QED) is 0.257. The van der Waals surface area contributed by atoms with Crippen LogP contribution in [0.1, 0.15) is 10.4 Å². The average molecular weight is 265 g/mol. The third-order valence-electron chi connectivity index (χ3n) is 2.12. The van der Waals surface area contributed by atoms with Gasteiger partial charge in [-0.15, -0.1) is 0 Å². The van der Waals surface area contributed by atoms with Crippen molar-refractivity contribution >= 4 is 23.5 Å². The second-order valence-electron chi connectivity index (χ2n) is 3.58. The van der Waals surface area contributed by atoms with Gasteiger partial charge >= 0.3 is 5.97 Å². The molecule has 7 N–H and O–H groups in total. The molecule has 0 saturated carbocycles. The van der Waals surface area contributed by atoms with E-state index >= 15 is 0 Å². The molecular weight excluding hydrogens is 250 g/mol. The number of nitrogens with two attached hydrogens (primary N) is 2. The molecule has 19 heavy (non-hydrogen) atoms. The zero-order valence-electron chi connectivity index (χ0n) is 10.1. The highest BCUT2D eigenvalue weighted by molar-refractivity contribution is 5.88. The highest BCUT2D eigenvalue weighted by Gasteiger charge is 2.02. The number of carboxylic acid groups (broad SMARTS) is 1. The molecule has 0 aliphatic carbocycles. The van der Waals surface area contributed by atoms with Gasteiger partial charge in [-0.05, 0) is 24.3 Å². The van der Waals surface area contributed by atoms with Crippen molar-refractivity contribution in [1.82, 2.24) is 5.32 Å². The van der Waals surface area contributed by atoms with Gasteiger partial charge in [-0.25, -0.2) is 9.79 Å². The molecule has 0 bridgehead atoms. The zero-order valence-corrected chi connectivity index (χ0v) is 10.1. The Morgan fingerprint density at radius 1 is 1.21 bits per heavy atom. The summed E-state index contributed by atoms with van der Waals surface area (Å²) in [6.07, 6.45) is 0. The smallest absolute Gasteiger partial charge is 0.335 e. The summed E-state index contributed by atoms with van der Waals surface area (Å²) < 4.78 is 0. The van der Waals surface area contributed by atoms with Crippen molar-refractivity contribution in [3.8, 4) is 0 Å². The Labute approximate surface area is 109 Å². The fourth-order valence-corrected chi connectivity index (χ4v) is 1.19.